The summed E-state index contributed by atoms with van der Waals surface area (Å²) < 4.78 is 49.2. The Morgan fingerprint density at radius 1 is 0.542 bits per heavy atom. The van der Waals surface area contributed by atoms with Crippen molar-refractivity contribution in [3.63, 3.8) is 0 Å². The van der Waals surface area contributed by atoms with Gasteiger partial charge in [0.25, 0.3) is 5.90 Å². The summed E-state index contributed by atoms with van der Waals surface area (Å²) >= 11 is 14.6. The Bertz CT molecular complexity index is 2990. The summed E-state index contributed by atoms with van der Waals surface area (Å²) in [5.41, 5.74) is 1.90. The summed E-state index contributed by atoms with van der Waals surface area (Å²) in [5, 5.41) is 12.4. The van der Waals surface area contributed by atoms with Gasteiger partial charge in [0.15, 0.2) is 34.9 Å². The van der Waals surface area contributed by atoms with Gasteiger partial charge in [-0.05, 0) is 115 Å². The summed E-state index contributed by atoms with van der Waals surface area (Å²) in [6, 6.07) is 34.5. The minimum absolute atomic E-state index is 0.0155. The van der Waals surface area contributed by atoms with Crippen LogP contribution in [0.3, 0.4) is 0 Å². The van der Waals surface area contributed by atoms with Crippen molar-refractivity contribution in [2.45, 2.75) is 74.5 Å². The quantitative estimate of drug-likeness (QED) is 0.0176. The molecule has 0 saturated carbocycles. The number of hydrogen-bond acceptors (Lipinski definition) is 16. The predicted molar refractivity (Wildman–Crippen MR) is 338 cm³/mol. The van der Waals surface area contributed by atoms with Crippen molar-refractivity contribution in [2.24, 2.45) is 26.0 Å². The maximum atomic E-state index is 12.8. The third-order valence-corrected chi connectivity index (χ3v) is 12.7. The fraction of sp³-hybridized carbons (Fsp3) is 0.406. The highest BCUT2D eigenvalue weighted by Crippen LogP contribution is 2.39. The molecule has 16 nitrogen and oxygen atoms in total. The van der Waals surface area contributed by atoms with Gasteiger partial charge in [0.05, 0.1) is 59.6 Å². The van der Waals surface area contributed by atoms with Crippen LogP contribution in [-0.2, 0) is 28.6 Å². The summed E-state index contributed by atoms with van der Waals surface area (Å²) in [6.07, 6.45) is 1.66. The van der Waals surface area contributed by atoms with E-state index in [2.05, 4.69) is 40.9 Å². The second-order valence-corrected chi connectivity index (χ2v) is 20.9. The lowest BCUT2D eigenvalue weighted by atomic mass is 9.97. The van der Waals surface area contributed by atoms with E-state index in [1.54, 1.807) is 93.4 Å². The molecule has 6 aromatic carbocycles. The first-order valence-corrected chi connectivity index (χ1v) is 28.0. The molecule has 0 heterocycles. The molecule has 0 amide bonds. The van der Waals surface area contributed by atoms with Crippen LogP contribution < -0.4 is 28.4 Å². The number of carbonyl (C=O) groups excluding carboxylic acids is 3. The molecule has 0 N–H and O–H groups in total. The van der Waals surface area contributed by atoms with E-state index >= 15 is 0 Å². The molecule has 83 heavy (non-hydrogen) atoms. The van der Waals surface area contributed by atoms with Crippen molar-refractivity contribution in [3.8, 4) is 34.5 Å². The van der Waals surface area contributed by atoms with E-state index in [0.29, 0.717) is 40.1 Å². The predicted octanol–water partition coefficient (Wildman–Crippen LogP) is 14.4. The Morgan fingerprint density at radius 3 is 1.25 bits per heavy atom. The summed E-state index contributed by atoms with van der Waals surface area (Å²) in [5.74, 6) is 2.42. The number of hydrogen-bond donors (Lipinski definition) is 0. The highest BCUT2D eigenvalue weighted by molar-refractivity contribution is 6.64. The zero-order valence-electron chi connectivity index (χ0n) is 51.1. The second-order valence-electron chi connectivity index (χ2n) is 19.8. The van der Waals surface area contributed by atoms with E-state index in [-0.39, 0.29) is 34.2 Å². The first-order valence-electron chi connectivity index (χ1n) is 26.6. The van der Waals surface area contributed by atoms with Crippen LogP contribution in [0.25, 0.3) is 21.5 Å². The Balaban J connectivity index is 0.000000447. The smallest absolute Gasteiger partial charge is 0.317 e. The van der Waals surface area contributed by atoms with Crippen LogP contribution in [0.2, 0.25) is 0 Å². The number of Topliss-reactive ketones (excluding diaryl/α,β-unsaturated/α-hetero) is 1. The molecular weight excluding hydrogens is 1120 g/mol. The first-order chi connectivity index (χ1) is 39.6. The Hall–Kier alpha value is -6.79. The molecule has 0 aliphatic rings. The van der Waals surface area contributed by atoms with Gasteiger partial charge in [0.2, 0.25) is 16.7 Å². The van der Waals surface area contributed by atoms with Crippen LogP contribution in [-0.4, -0.2) is 129 Å². The second kappa shape index (κ2) is 37.4. The summed E-state index contributed by atoms with van der Waals surface area (Å²) in [4.78, 5) is 42.6. The van der Waals surface area contributed by atoms with Crippen LogP contribution in [0.4, 0.5) is 0 Å². The lowest BCUT2D eigenvalue weighted by molar-refractivity contribution is -0.145. The number of ether oxygens (including phenoxy) is 9. The van der Waals surface area contributed by atoms with E-state index in [4.69, 9.17) is 77.4 Å². The number of esters is 1. The average Bonchev–Trinajstić information content (AvgIpc) is 3.61. The molecule has 0 radical (unpaired) electrons. The number of aliphatic imine (C=N–C) groups is 1. The van der Waals surface area contributed by atoms with Gasteiger partial charge in [-0.2, -0.15) is 5.10 Å². The molecule has 452 valence electrons. The van der Waals surface area contributed by atoms with Crippen molar-refractivity contribution in [1.29, 1.82) is 0 Å². The molecule has 0 aromatic heterocycles. The van der Waals surface area contributed by atoms with Crippen molar-refractivity contribution in [2.75, 3.05) is 88.4 Å². The molecule has 0 fully saturated rings. The summed E-state index contributed by atoms with van der Waals surface area (Å²) in [7, 11) is 12.3. The lowest BCUT2D eigenvalue weighted by Gasteiger charge is -2.22. The number of ketones is 1. The molecule has 19 heteroatoms. The molecule has 0 saturated heterocycles. The maximum absolute atomic E-state index is 12.8. The van der Waals surface area contributed by atoms with Gasteiger partial charge in [-0.15, -0.1) is 28.3 Å². The van der Waals surface area contributed by atoms with Gasteiger partial charge in [-0.3, -0.25) is 19.4 Å². The Kier molecular flexibility index (Phi) is 32.6. The number of alkyl halides is 2. The molecule has 2 unspecified atom stereocenters. The zero-order chi connectivity index (χ0) is 62.3. The van der Waals surface area contributed by atoms with Gasteiger partial charge in [-0.25, -0.2) is 0 Å². The fourth-order valence-corrected chi connectivity index (χ4v) is 7.62. The molecule has 0 bridgehead atoms. The average molecular weight is 1210 g/mol. The third kappa shape index (κ3) is 22.7. The molecule has 0 aliphatic heterocycles. The van der Waals surface area contributed by atoms with E-state index < -0.39 is 23.6 Å². The molecular formula is C64H83Cl3N4O12. The third-order valence-electron chi connectivity index (χ3n) is 12.2. The van der Waals surface area contributed by atoms with E-state index in [9.17, 15) is 14.4 Å². The SMILES string of the molecule is CC(C)(C)C(=O)Cl.CCN(CC)CC.COc1cc(/C=N/N=C(\OC(=O)C(C)(C)C)C(OC)c2cccc3ccccc23)cc(OC)c1OC.COc1cc(C=NCC(=O)C(OC)c2cccc3ccccc23)cc(OC)c1OC.ClCCl. The van der Waals surface area contributed by atoms with Crippen molar-refractivity contribution < 1.29 is 57.0 Å². The van der Waals surface area contributed by atoms with E-state index in [1.165, 1.54) is 61.4 Å². The zero-order valence-corrected chi connectivity index (χ0v) is 53.3. The molecule has 2 atom stereocenters. The molecule has 0 spiro atoms. The fourth-order valence-electron chi connectivity index (χ4n) is 7.62. The minimum atomic E-state index is -0.764. The van der Waals surface area contributed by atoms with Crippen LogP contribution in [0.5, 0.6) is 34.5 Å². The number of methoxy groups -OCH3 is 8. The maximum Gasteiger partial charge on any atom is 0.317 e. The van der Waals surface area contributed by atoms with Crippen molar-refractivity contribution in [1.82, 2.24) is 4.90 Å². The van der Waals surface area contributed by atoms with Gasteiger partial charge in [0, 0.05) is 31.4 Å². The molecule has 6 aromatic rings. The van der Waals surface area contributed by atoms with Gasteiger partial charge in [-0.1, -0.05) is 126 Å². The van der Waals surface area contributed by atoms with Gasteiger partial charge >= 0.3 is 5.97 Å². The number of benzene rings is 6. The number of fused-ring (bicyclic) bond motifs is 2. The monoisotopic (exact) mass is 1200 g/mol. The largest absolute Gasteiger partial charge is 0.493 e. The number of nitrogens with zero attached hydrogens (tertiary/aromatic N) is 4. The van der Waals surface area contributed by atoms with E-state index in [0.717, 1.165) is 38.2 Å². The van der Waals surface area contributed by atoms with Crippen LogP contribution in [0, 0.1) is 10.8 Å². The number of rotatable bonds is 20. The molecule has 0 aliphatic carbocycles. The topological polar surface area (TPSA) is 175 Å². The number of carbonyl (C=O) groups is 3. The minimum Gasteiger partial charge on any atom is -0.493 e. The van der Waals surface area contributed by atoms with Crippen molar-refractivity contribution >= 4 is 91.7 Å². The normalized spacial score (nSPS) is 12.1. The van der Waals surface area contributed by atoms with E-state index in [1.807, 2.05) is 84.9 Å². The first kappa shape index (κ1) is 72.3. The molecule has 6 rings (SSSR count). The lowest BCUT2D eigenvalue weighted by Crippen LogP contribution is -2.29. The van der Waals surface area contributed by atoms with Crippen LogP contribution in [0.1, 0.15) is 96.8 Å². The highest BCUT2D eigenvalue weighted by Gasteiger charge is 2.30. The standard InChI is InChI=1S/C28H32N2O6.C24H25NO5.C6H15N.C5H9ClO.CH2Cl2/c1-28(2,3)27(31)36-26(24(34-6)21-14-10-12-19-11-8-9-13-20(19)21)30-29-17-18-15-22(32-4)25(35-7)23(16-18)33-5;1-27-21-12-16(13-22(28-2)24(21)30-4)14-25-15-20(26)23(29-3)19-11-7-9-17-8-5-6-10-18(17)19;1-4-7(5-2)6-3;1-5(2,3)4(6)7;2-1-3/h8-17,24H,1-7H3;5-14,23H,15H2,1-4H3;4-6H2,1-3H3;1-3H3;1H2/b29-17+,30-26-;;;;. The Morgan fingerprint density at radius 2 is 0.916 bits per heavy atom. The summed E-state index contributed by atoms with van der Waals surface area (Å²) in [6.45, 7) is 20.8. The van der Waals surface area contributed by atoms with Gasteiger partial charge < -0.3 is 47.5 Å². The van der Waals surface area contributed by atoms with Crippen molar-refractivity contribution in [3.05, 3.63) is 131 Å². The van der Waals surface area contributed by atoms with Crippen LogP contribution in [0.15, 0.2) is 124 Å². The van der Waals surface area contributed by atoms with Crippen LogP contribution >= 0.6 is 34.8 Å². The van der Waals surface area contributed by atoms with Gasteiger partial charge in [0.1, 0.15) is 12.6 Å². The Labute approximate surface area is 505 Å². The highest BCUT2D eigenvalue weighted by atomic mass is 35.5. The number of halogens is 3.